The van der Waals surface area contributed by atoms with E-state index in [2.05, 4.69) is 10.3 Å². The van der Waals surface area contributed by atoms with Gasteiger partial charge in [0.1, 0.15) is 0 Å². The Morgan fingerprint density at radius 2 is 2.12 bits per heavy atom. The highest BCUT2D eigenvalue weighted by molar-refractivity contribution is 5.41. The van der Waals surface area contributed by atoms with E-state index in [1.165, 1.54) is 0 Å². The Hall–Kier alpha value is -1.30. The van der Waals surface area contributed by atoms with Gasteiger partial charge in [-0.2, -0.15) is 13.2 Å². The van der Waals surface area contributed by atoms with Crippen LogP contribution in [0.2, 0.25) is 0 Å². The van der Waals surface area contributed by atoms with Crippen molar-refractivity contribution in [1.82, 2.24) is 10.3 Å². The summed E-state index contributed by atoms with van der Waals surface area (Å²) >= 11 is 0. The van der Waals surface area contributed by atoms with Crippen molar-refractivity contribution >= 4 is 5.69 Å². The van der Waals surface area contributed by atoms with Crippen LogP contribution in [0.5, 0.6) is 0 Å². The van der Waals surface area contributed by atoms with Crippen molar-refractivity contribution in [3.05, 3.63) is 24.0 Å². The lowest BCUT2D eigenvalue weighted by Crippen LogP contribution is -2.19. The molecule has 1 heterocycles. The van der Waals surface area contributed by atoms with Crippen molar-refractivity contribution in [3.63, 3.8) is 0 Å². The fraction of sp³-hybridized carbons (Fsp3) is 0.500. The van der Waals surface area contributed by atoms with Gasteiger partial charge in [0.05, 0.1) is 11.4 Å². The minimum absolute atomic E-state index is 0.0657. The first kappa shape index (κ1) is 12.8. The fourth-order valence-electron chi connectivity index (χ4n) is 1.22. The van der Waals surface area contributed by atoms with Gasteiger partial charge in [-0.15, -0.1) is 0 Å². The van der Waals surface area contributed by atoms with Crippen LogP contribution < -0.4 is 11.1 Å². The van der Waals surface area contributed by atoms with Crippen LogP contribution in [0.25, 0.3) is 0 Å². The maximum Gasteiger partial charge on any atom is 0.389 e. The second kappa shape index (κ2) is 5.69. The number of alkyl halides is 3. The molecule has 1 aromatic heterocycles. The molecule has 0 atom stereocenters. The molecular weight excluding hydrogens is 219 g/mol. The van der Waals surface area contributed by atoms with E-state index < -0.39 is 12.6 Å². The van der Waals surface area contributed by atoms with E-state index in [1.54, 1.807) is 18.3 Å². The minimum Gasteiger partial charge on any atom is -0.397 e. The monoisotopic (exact) mass is 233 g/mol. The zero-order chi connectivity index (χ0) is 12.0. The molecular formula is C10H14F3N3. The molecule has 16 heavy (non-hydrogen) atoms. The highest BCUT2D eigenvalue weighted by Gasteiger charge is 2.25. The molecule has 0 unspecified atom stereocenters. The summed E-state index contributed by atoms with van der Waals surface area (Å²) in [4.78, 5) is 4.01. The van der Waals surface area contributed by atoms with Crippen LogP contribution in [0.4, 0.5) is 18.9 Å². The van der Waals surface area contributed by atoms with Gasteiger partial charge in [-0.25, -0.2) is 0 Å². The van der Waals surface area contributed by atoms with Gasteiger partial charge in [-0.1, -0.05) is 0 Å². The largest absolute Gasteiger partial charge is 0.397 e. The summed E-state index contributed by atoms with van der Waals surface area (Å²) < 4.78 is 35.4. The third kappa shape index (κ3) is 4.97. The molecule has 1 aromatic rings. The van der Waals surface area contributed by atoms with Gasteiger partial charge in [0, 0.05) is 19.2 Å². The molecule has 3 nitrogen and oxygen atoms in total. The zero-order valence-corrected chi connectivity index (χ0v) is 8.72. The van der Waals surface area contributed by atoms with E-state index >= 15 is 0 Å². The SMILES string of the molecule is Nc1cccnc1CNCCCC(F)(F)F. The van der Waals surface area contributed by atoms with Gasteiger partial charge in [-0.05, 0) is 25.1 Å². The van der Waals surface area contributed by atoms with Gasteiger partial charge in [0.2, 0.25) is 0 Å². The lowest BCUT2D eigenvalue weighted by atomic mass is 10.2. The molecule has 0 spiro atoms. The number of nitrogens with two attached hydrogens (primary N) is 1. The molecule has 0 aromatic carbocycles. The van der Waals surface area contributed by atoms with Gasteiger partial charge < -0.3 is 11.1 Å². The van der Waals surface area contributed by atoms with Crippen LogP contribution in [0.1, 0.15) is 18.5 Å². The highest BCUT2D eigenvalue weighted by atomic mass is 19.4. The summed E-state index contributed by atoms with van der Waals surface area (Å²) in [6.45, 7) is 0.694. The molecule has 0 bridgehead atoms. The standard InChI is InChI=1S/C10H14F3N3/c11-10(12,13)4-2-5-15-7-9-8(14)3-1-6-16-9/h1,3,6,15H,2,4-5,7,14H2. The normalized spacial score (nSPS) is 11.7. The Labute approximate surface area is 91.9 Å². The van der Waals surface area contributed by atoms with Crippen LogP contribution >= 0.6 is 0 Å². The van der Waals surface area contributed by atoms with Crippen LogP contribution in [-0.4, -0.2) is 17.7 Å². The number of hydrogen-bond acceptors (Lipinski definition) is 3. The summed E-state index contributed by atoms with van der Waals surface area (Å²) in [5.74, 6) is 0. The van der Waals surface area contributed by atoms with Crippen molar-refractivity contribution in [2.24, 2.45) is 0 Å². The number of anilines is 1. The number of pyridine rings is 1. The van der Waals surface area contributed by atoms with Crippen molar-refractivity contribution in [2.75, 3.05) is 12.3 Å². The quantitative estimate of drug-likeness (QED) is 0.766. The van der Waals surface area contributed by atoms with E-state index in [9.17, 15) is 13.2 Å². The van der Waals surface area contributed by atoms with Crippen molar-refractivity contribution in [1.29, 1.82) is 0 Å². The lowest BCUT2D eigenvalue weighted by molar-refractivity contribution is -0.135. The van der Waals surface area contributed by atoms with Crippen molar-refractivity contribution < 1.29 is 13.2 Å². The molecule has 0 saturated carbocycles. The number of rotatable bonds is 5. The van der Waals surface area contributed by atoms with E-state index in [-0.39, 0.29) is 6.42 Å². The average molecular weight is 233 g/mol. The minimum atomic E-state index is -4.08. The molecule has 0 amide bonds. The fourth-order valence-corrected chi connectivity index (χ4v) is 1.22. The predicted molar refractivity (Wildman–Crippen MR) is 55.6 cm³/mol. The maximum atomic E-state index is 11.8. The molecule has 0 radical (unpaired) electrons. The number of nitrogens with one attached hydrogen (secondary N) is 1. The third-order valence-electron chi connectivity index (χ3n) is 2.03. The van der Waals surface area contributed by atoms with Gasteiger partial charge in [0.25, 0.3) is 0 Å². The average Bonchev–Trinajstić information content (AvgIpc) is 2.18. The third-order valence-corrected chi connectivity index (χ3v) is 2.03. The Morgan fingerprint density at radius 3 is 2.75 bits per heavy atom. The van der Waals surface area contributed by atoms with E-state index in [1.807, 2.05) is 0 Å². The first-order chi connectivity index (χ1) is 7.49. The summed E-state index contributed by atoms with van der Waals surface area (Å²) in [6.07, 6.45) is -3.18. The van der Waals surface area contributed by atoms with Crippen LogP contribution in [-0.2, 0) is 6.54 Å². The molecule has 90 valence electrons. The summed E-state index contributed by atoms with van der Waals surface area (Å²) in [5, 5.41) is 2.87. The topological polar surface area (TPSA) is 50.9 Å². The van der Waals surface area contributed by atoms with E-state index in [0.29, 0.717) is 24.5 Å². The Kier molecular flexibility index (Phi) is 4.54. The number of nitrogen functional groups attached to an aromatic ring is 1. The molecule has 6 heteroatoms. The van der Waals surface area contributed by atoms with Crippen LogP contribution in [0, 0.1) is 0 Å². The number of hydrogen-bond donors (Lipinski definition) is 2. The maximum absolute atomic E-state index is 11.8. The lowest BCUT2D eigenvalue weighted by Gasteiger charge is -2.08. The zero-order valence-electron chi connectivity index (χ0n) is 8.72. The molecule has 3 N–H and O–H groups in total. The Bertz CT molecular complexity index is 325. The number of aromatic nitrogens is 1. The van der Waals surface area contributed by atoms with Crippen LogP contribution in [0.15, 0.2) is 18.3 Å². The second-order valence-corrected chi connectivity index (χ2v) is 3.43. The Morgan fingerprint density at radius 1 is 1.38 bits per heavy atom. The summed E-state index contributed by atoms with van der Waals surface area (Å²) in [6, 6.07) is 3.42. The molecule has 0 aliphatic rings. The van der Waals surface area contributed by atoms with Crippen molar-refractivity contribution in [3.8, 4) is 0 Å². The molecule has 0 aliphatic heterocycles. The first-order valence-corrected chi connectivity index (χ1v) is 4.96. The molecule has 1 rings (SSSR count). The summed E-state index contributed by atoms with van der Waals surface area (Å²) in [7, 11) is 0. The highest BCUT2D eigenvalue weighted by Crippen LogP contribution is 2.20. The predicted octanol–water partition coefficient (Wildman–Crippen LogP) is 2.10. The molecule has 0 aliphatic carbocycles. The smallest absolute Gasteiger partial charge is 0.389 e. The molecule has 0 fully saturated rings. The van der Waals surface area contributed by atoms with Gasteiger partial charge in [-0.3, -0.25) is 4.98 Å². The first-order valence-electron chi connectivity index (χ1n) is 4.96. The summed E-state index contributed by atoms with van der Waals surface area (Å²) in [5.41, 5.74) is 6.83. The van der Waals surface area contributed by atoms with E-state index in [4.69, 9.17) is 5.73 Å². The number of halogens is 3. The van der Waals surface area contributed by atoms with Crippen LogP contribution in [0.3, 0.4) is 0 Å². The van der Waals surface area contributed by atoms with Crippen molar-refractivity contribution in [2.45, 2.75) is 25.6 Å². The van der Waals surface area contributed by atoms with E-state index in [0.717, 1.165) is 0 Å². The second-order valence-electron chi connectivity index (χ2n) is 3.43. The van der Waals surface area contributed by atoms with Gasteiger partial charge in [0.15, 0.2) is 0 Å². The number of nitrogens with zero attached hydrogens (tertiary/aromatic N) is 1. The Balaban J connectivity index is 2.19. The van der Waals surface area contributed by atoms with Gasteiger partial charge >= 0.3 is 6.18 Å². The molecule has 0 saturated heterocycles.